The second-order valence-corrected chi connectivity index (χ2v) is 5.91. The summed E-state index contributed by atoms with van der Waals surface area (Å²) in [4.78, 5) is 10.5. The van der Waals surface area contributed by atoms with Gasteiger partial charge in [-0.25, -0.2) is 4.39 Å². The molecule has 4 heteroatoms. The molecule has 2 unspecified atom stereocenters. The molecule has 0 aliphatic heterocycles. The lowest BCUT2D eigenvalue weighted by Crippen LogP contribution is -2.54. The molecule has 4 fully saturated rings. The molecule has 0 N–H and O–H groups in total. The molecule has 4 aliphatic carbocycles. The van der Waals surface area contributed by atoms with Crippen LogP contribution >= 0.6 is 0 Å². The molecule has 2 atom stereocenters. The molecule has 0 aromatic heterocycles. The molecule has 4 aliphatic rings. The summed E-state index contributed by atoms with van der Waals surface area (Å²) in [5.41, 5.74) is -0.136. The van der Waals surface area contributed by atoms with Gasteiger partial charge in [-0.3, -0.25) is 10.1 Å². The third-order valence-corrected chi connectivity index (χ3v) is 4.75. The summed E-state index contributed by atoms with van der Waals surface area (Å²) in [6.45, 7) is 0.0726. The first kappa shape index (κ1) is 9.55. The standard InChI is InChI=1S/C11H16FNO2/c12-10-8-1-7-2-9(10)5-11(3-7,4-8)6-13(14)15/h7-10H,1-6H2. The van der Waals surface area contributed by atoms with Gasteiger partial charge in [0.1, 0.15) is 6.17 Å². The Bertz CT molecular complexity index is 291. The van der Waals surface area contributed by atoms with Crippen molar-refractivity contribution in [2.24, 2.45) is 23.2 Å². The van der Waals surface area contributed by atoms with Crippen molar-refractivity contribution in [2.45, 2.75) is 38.3 Å². The third-order valence-electron chi connectivity index (χ3n) is 4.75. The fourth-order valence-electron chi connectivity index (χ4n) is 4.60. The van der Waals surface area contributed by atoms with Crippen LogP contribution in [0.25, 0.3) is 0 Å². The molecule has 0 radical (unpaired) electrons. The maximum absolute atomic E-state index is 13.8. The van der Waals surface area contributed by atoms with Crippen molar-refractivity contribution in [1.82, 2.24) is 0 Å². The smallest absolute Gasteiger partial charge is 0.209 e. The minimum absolute atomic E-state index is 0.0726. The number of hydrogen-bond donors (Lipinski definition) is 0. The van der Waals surface area contributed by atoms with Gasteiger partial charge in [0, 0.05) is 10.3 Å². The van der Waals surface area contributed by atoms with Gasteiger partial charge in [0.05, 0.1) is 0 Å². The van der Waals surface area contributed by atoms with E-state index >= 15 is 0 Å². The van der Waals surface area contributed by atoms with Gasteiger partial charge in [0.15, 0.2) is 0 Å². The lowest BCUT2D eigenvalue weighted by Gasteiger charge is -2.56. The van der Waals surface area contributed by atoms with E-state index in [9.17, 15) is 14.5 Å². The molecule has 0 heterocycles. The van der Waals surface area contributed by atoms with Crippen molar-refractivity contribution in [2.75, 3.05) is 6.54 Å². The fourth-order valence-corrected chi connectivity index (χ4v) is 4.60. The summed E-state index contributed by atoms with van der Waals surface area (Å²) in [5, 5.41) is 10.7. The van der Waals surface area contributed by atoms with Gasteiger partial charge in [-0.05, 0) is 49.9 Å². The second-order valence-electron chi connectivity index (χ2n) is 5.91. The van der Waals surface area contributed by atoms with Crippen LogP contribution in [0, 0.1) is 33.3 Å². The van der Waals surface area contributed by atoms with Crippen LogP contribution in [0.3, 0.4) is 0 Å². The van der Waals surface area contributed by atoms with Crippen LogP contribution in [-0.2, 0) is 0 Å². The zero-order valence-electron chi connectivity index (χ0n) is 8.69. The summed E-state index contributed by atoms with van der Waals surface area (Å²) >= 11 is 0. The van der Waals surface area contributed by atoms with Crippen LogP contribution < -0.4 is 0 Å². The first-order valence-corrected chi connectivity index (χ1v) is 5.84. The van der Waals surface area contributed by atoms with Crippen LogP contribution in [0.1, 0.15) is 32.1 Å². The molecule has 3 nitrogen and oxygen atoms in total. The third kappa shape index (κ3) is 1.37. The van der Waals surface area contributed by atoms with Crippen LogP contribution in [-0.4, -0.2) is 17.6 Å². The van der Waals surface area contributed by atoms with Crippen molar-refractivity contribution in [3.8, 4) is 0 Å². The van der Waals surface area contributed by atoms with Crippen LogP contribution in [0.4, 0.5) is 4.39 Å². The average molecular weight is 213 g/mol. The first-order chi connectivity index (χ1) is 7.08. The highest BCUT2D eigenvalue weighted by Gasteiger charge is 2.57. The Kier molecular flexibility index (Phi) is 1.86. The predicted octanol–water partition coefficient (Wildman–Crippen LogP) is 2.43. The van der Waals surface area contributed by atoms with E-state index in [1.807, 2.05) is 0 Å². The largest absolute Gasteiger partial charge is 0.265 e. The molecule has 0 spiro atoms. The maximum Gasteiger partial charge on any atom is 0.209 e. The SMILES string of the molecule is O=[N+]([O-])CC12CC3CC(C1)C(F)C(C3)C2. The Morgan fingerprint density at radius 3 is 2.40 bits per heavy atom. The van der Waals surface area contributed by atoms with Crippen LogP contribution in [0.15, 0.2) is 0 Å². The normalized spacial score (nSPS) is 52.1. The second kappa shape index (κ2) is 2.92. The minimum atomic E-state index is -0.665. The Balaban J connectivity index is 1.85. The van der Waals surface area contributed by atoms with E-state index in [1.165, 1.54) is 0 Å². The molecule has 4 saturated carbocycles. The fraction of sp³-hybridized carbons (Fsp3) is 1.00. The number of nitrogens with zero attached hydrogens (tertiary/aromatic N) is 1. The molecule has 15 heavy (non-hydrogen) atoms. The molecule has 4 rings (SSSR count). The molecular formula is C11H16FNO2. The van der Waals surface area contributed by atoms with E-state index < -0.39 is 6.17 Å². The highest BCUT2D eigenvalue weighted by Crippen LogP contribution is 2.60. The maximum atomic E-state index is 13.8. The van der Waals surface area contributed by atoms with E-state index in [0.29, 0.717) is 5.92 Å². The van der Waals surface area contributed by atoms with E-state index in [-0.39, 0.29) is 28.7 Å². The topological polar surface area (TPSA) is 43.1 Å². The zero-order valence-corrected chi connectivity index (χ0v) is 8.69. The summed E-state index contributed by atoms with van der Waals surface area (Å²) in [5.74, 6) is 0.849. The van der Waals surface area contributed by atoms with Gasteiger partial charge in [0.25, 0.3) is 0 Å². The minimum Gasteiger partial charge on any atom is -0.265 e. The van der Waals surface area contributed by atoms with Gasteiger partial charge in [0.2, 0.25) is 6.54 Å². The van der Waals surface area contributed by atoms with E-state index in [0.717, 1.165) is 32.1 Å². The van der Waals surface area contributed by atoms with Crippen molar-refractivity contribution in [3.05, 3.63) is 10.1 Å². The highest BCUT2D eigenvalue weighted by molar-refractivity contribution is 5.05. The Morgan fingerprint density at radius 2 is 1.87 bits per heavy atom. The van der Waals surface area contributed by atoms with Gasteiger partial charge >= 0.3 is 0 Å². The average Bonchev–Trinajstić information content (AvgIpc) is 2.10. The number of rotatable bonds is 2. The highest BCUT2D eigenvalue weighted by atomic mass is 19.1. The molecular weight excluding hydrogens is 197 g/mol. The molecule has 0 aromatic rings. The summed E-state index contributed by atoms with van der Waals surface area (Å²) in [6.07, 6.45) is 3.81. The number of halogens is 1. The molecule has 0 saturated heterocycles. The van der Waals surface area contributed by atoms with Crippen molar-refractivity contribution in [3.63, 3.8) is 0 Å². The van der Waals surface area contributed by atoms with Gasteiger partial charge in [-0.2, -0.15) is 0 Å². The van der Waals surface area contributed by atoms with E-state index in [4.69, 9.17) is 0 Å². The summed E-state index contributed by atoms with van der Waals surface area (Å²) < 4.78 is 13.8. The Morgan fingerprint density at radius 1 is 1.27 bits per heavy atom. The van der Waals surface area contributed by atoms with E-state index in [2.05, 4.69) is 0 Å². The van der Waals surface area contributed by atoms with E-state index in [1.54, 1.807) is 0 Å². The van der Waals surface area contributed by atoms with Gasteiger partial charge in [-0.1, -0.05) is 0 Å². The molecule has 4 bridgehead atoms. The summed E-state index contributed by atoms with van der Waals surface area (Å²) in [7, 11) is 0. The molecule has 0 aromatic carbocycles. The number of alkyl halides is 1. The number of hydrogen-bond acceptors (Lipinski definition) is 2. The molecule has 84 valence electrons. The van der Waals surface area contributed by atoms with Crippen molar-refractivity contribution < 1.29 is 9.31 Å². The monoisotopic (exact) mass is 213 g/mol. The van der Waals surface area contributed by atoms with Crippen molar-refractivity contribution >= 4 is 0 Å². The number of nitro groups is 1. The zero-order chi connectivity index (χ0) is 10.6. The first-order valence-electron chi connectivity index (χ1n) is 5.84. The quantitative estimate of drug-likeness (QED) is 0.522. The molecule has 0 amide bonds. The van der Waals surface area contributed by atoms with Gasteiger partial charge in [-0.15, -0.1) is 0 Å². The summed E-state index contributed by atoms with van der Waals surface area (Å²) in [6, 6.07) is 0. The van der Waals surface area contributed by atoms with Crippen LogP contribution in [0.2, 0.25) is 0 Å². The van der Waals surface area contributed by atoms with Crippen molar-refractivity contribution in [1.29, 1.82) is 0 Å². The predicted molar refractivity (Wildman–Crippen MR) is 52.7 cm³/mol. The lowest BCUT2D eigenvalue weighted by atomic mass is 9.49. The Hall–Kier alpha value is -0.670. The van der Waals surface area contributed by atoms with Gasteiger partial charge < -0.3 is 0 Å². The Labute approximate surface area is 88.2 Å². The lowest BCUT2D eigenvalue weighted by molar-refractivity contribution is -0.503. The van der Waals surface area contributed by atoms with Crippen LogP contribution in [0.5, 0.6) is 0 Å².